The topological polar surface area (TPSA) is 46.2 Å². The zero-order valence-corrected chi connectivity index (χ0v) is 11.9. The zero-order chi connectivity index (χ0) is 13.0. The first-order chi connectivity index (χ1) is 7.95. The van der Waals surface area contributed by atoms with Crippen LogP contribution in [0.3, 0.4) is 0 Å². The van der Waals surface area contributed by atoms with Crippen LogP contribution in [-0.4, -0.2) is 17.7 Å². The number of nitrogens with one attached hydrogen (secondary N) is 1. The van der Waals surface area contributed by atoms with E-state index >= 15 is 0 Å². The quantitative estimate of drug-likeness (QED) is 0.926. The van der Waals surface area contributed by atoms with Gasteiger partial charge in [0.25, 0.3) is 5.91 Å². The van der Waals surface area contributed by atoms with Gasteiger partial charge in [-0.1, -0.05) is 34.5 Å². The molecule has 1 amide bonds. The fourth-order valence-electron chi connectivity index (χ4n) is 1.33. The molecule has 1 aromatic carbocycles. The highest BCUT2D eigenvalue weighted by molar-refractivity contribution is 9.10. The molecular formula is C12H13BrClNO2. The van der Waals surface area contributed by atoms with E-state index in [1.807, 2.05) is 0 Å². The smallest absolute Gasteiger partial charge is 0.253 e. The third kappa shape index (κ3) is 3.82. The van der Waals surface area contributed by atoms with Gasteiger partial charge in [-0.3, -0.25) is 9.59 Å². The number of Topliss-reactive ketones (excluding diaryl/α,β-unsaturated/α-hetero) is 1. The number of hydrogen-bond acceptors (Lipinski definition) is 2. The summed E-state index contributed by atoms with van der Waals surface area (Å²) >= 11 is 9.21. The van der Waals surface area contributed by atoms with Crippen LogP contribution in [0.1, 0.15) is 30.6 Å². The predicted molar refractivity (Wildman–Crippen MR) is 71.4 cm³/mol. The molecule has 0 bridgehead atoms. The van der Waals surface area contributed by atoms with Crippen molar-refractivity contribution in [1.82, 2.24) is 5.32 Å². The van der Waals surface area contributed by atoms with E-state index in [-0.39, 0.29) is 11.7 Å². The van der Waals surface area contributed by atoms with Crippen LogP contribution in [0.15, 0.2) is 22.7 Å². The van der Waals surface area contributed by atoms with E-state index in [2.05, 4.69) is 21.2 Å². The van der Waals surface area contributed by atoms with Gasteiger partial charge in [0, 0.05) is 10.9 Å². The fraction of sp³-hybridized carbons (Fsp3) is 0.333. The standard InChI is InChI=1S/C12H13BrClNO2/c1-3-11(16)7(2)15-12(17)9-5-4-8(13)6-10(9)14/h4-7H,3H2,1-2H3,(H,15,17). The molecule has 5 heteroatoms. The Labute approximate surface area is 114 Å². The lowest BCUT2D eigenvalue weighted by Crippen LogP contribution is -2.38. The second-order valence-corrected chi connectivity index (χ2v) is 4.96. The third-order valence-corrected chi connectivity index (χ3v) is 3.16. The average molecular weight is 319 g/mol. The van der Waals surface area contributed by atoms with Crippen molar-refractivity contribution in [2.75, 3.05) is 0 Å². The molecule has 92 valence electrons. The molecule has 0 saturated heterocycles. The van der Waals surface area contributed by atoms with Crippen LogP contribution in [0.25, 0.3) is 0 Å². The Bertz CT molecular complexity index is 448. The van der Waals surface area contributed by atoms with Crippen LogP contribution in [0.2, 0.25) is 5.02 Å². The van der Waals surface area contributed by atoms with Gasteiger partial charge in [0.2, 0.25) is 0 Å². The van der Waals surface area contributed by atoms with Gasteiger partial charge in [-0.05, 0) is 25.1 Å². The SMILES string of the molecule is CCC(=O)C(C)NC(=O)c1ccc(Br)cc1Cl. The van der Waals surface area contributed by atoms with E-state index in [1.54, 1.807) is 32.0 Å². The Kier molecular flexibility index (Phi) is 5.15. The van der Waals surface area contributed by atoms with Gasteiger partial charge in [0.05, 0.1) is 16.6 Å². The number of halogens is 2. The molecule has 0 heterocycles. The number of benzene rings is 1. The van der Waals surface area contributed by atoms with Gasteiger partial charge >= 0.3 is 0 Å². The average Bonchev–Trinajstić information content (AvgIpc) is 2.27. The van der Waals surface area contributed by atoms with Crippen molar-refractivity contribution in [2.24, 2.45) is 0 Å². The number of hydrogen-bond donors (Lipinski definition) is 1. The Morgan fingerprint density at radius 1 is 1.47 bits per heavy atom. The van der Waals surface area contributed by atoms with E-state index in [0.29, 0.717) is 17.0 Å². The first kappa shape index (κ1) is 14.2. The van der Waals surface area contributed by atoms with Crippen LogP contribution in [0.4, 0.5) is 0 Å². The van der Waals surface area contributed by atoms with Crippen LogP contribution in [-0.2, 0) is 4.79 Å². The molecule has 1 atom stereocenters. The van der Waals surface area contributed by atoms with Gasteiger partial charge in [-0.15, -0.1) is 0 Å². The lowest BCUT2D eigenvalue weighted by molar-refractivity contribution is -0.120. The Morgan fingerprint density at radius 3 is 2.65 bits per heavy atom. The summed E-state index contributed by atoms with van der Waals surface area (Å²) in [5.41, 5.74) is 0.366. The van der Waals surface area contributed by atoms with Gasteiger partial charge in [-0.2, -0.15) is 0 Å². The molecule has 1 unspecified atom stereocenters. The Balaban J connectivity index is 2.80. The summed E-state index contributed by atoms with van der Waals surface area (Å²) in [6.07, 6.45) is 0.398. The maximum atomic E-state index is 11.8. The van der Waals surface area contributed by atoms with Crippen molar-refractivity contribution in [3.63, 3.8) is 0 Å². The zero-order valence-electron chi connectivity index (χ0n) is 9.59. The number of rotatable bonds is 4. The lowest BCUT2D eigenvalue weighted by atomic mass is 10.1. The molecule has 17 heavy (non-hydrogen) atoms. The second-order valence-electron chi connectivity index (χ2n) is 3.64. The van der Waals surface area contributed by atoms with Crippen molar-refractivity contribution >= 4 is 39.2 Å². The lowest BCUT2D eigenvalue weighted by Gasteiger charge is -2.12. The number of amides is 1. The van der Waals surface area contributed by atoms with Crippen LogP contribution >= 0.6 is 27.5 Å². The van der Waals surface area contributed by atoms with E-state index in [0.717, 1.165) is 4.47 Å². The van der Waals surface area contributed by atoms with Crippen molar-refractivity contribution in [3.8, 4) is 0 Å². The molecule has 0 aliphatic carbocycles. The van der Waals surface area contributed by atoms with E-state index < -0.39 is 6.04 Å². The molecule has 0 spiro atoms. The predicted octanol–water partition coefficient (Wildman–Crippen LogP) is 3.20. The van der Waals surface area contributed by atoms with Crippen molar-refractivity contribution in [2.45, 2.75) is 26.3 Å². The van der Waals surface area contributed by atoms with Crippen molar-refractivity contribution < 1.29 is 9.59 Å². The Hall–Kier alpha value is -0.870. The first-order valence-corrected chi connectivity index (χ1v) is 6.41. The van der Waals surface area contributed by atoms with Gasteiger partial charge < -0.3 is 5.32 Å². The Morgan fingerprint density at radius 2 is 2.12 bits per heavy atom. The van der Waals surface area contributed by atoms with Crippen molar-refractivity contribution in [1.29, 1.82) is 0 Å². The molecule has 3 nitrogen and oxygen atoms in total. The molecule has 1 rings (SSSR count). The minimum Gasteiger partial charge on any atom is -0.342 e. The molecule has 0 aromatic heterocycles. The second kappa shape index (κ2) is 6.17. The molecule has 1 aromatic rings. The summed E-state index contributed by atoms with van der Waals surface area (Å²) in [6, 6.07) is 4.49. The van der Waals surface area contributed by atoms with E-state index in [9.17, 15) is 9.59 Å². The largest absolute Gasteiger partial charge is 0.342 e. The fourth-order valence-corrected chi connectivity index (χ4v) is 2.09. The molecule has 0 aliphatic rings. The minimum absolute atomic E-state index is 0.00779. The van der Waals surface area contributed by atoms with Gasteiger partial charge in [-0.25, -0.2) is 0 Å². The summed E-state index contributed by atoms with van der Waals surface area (Å²) in [6.45, 7) is 3.42. The molecule has 0 radical (unpaired) electrons. The molecule has 0 fully saturated rings. The first-order valence-electron chi connectivity index (χ1n) is 5.24. The number of carbonyl (C=O) groups is 2. The number of ketones is 1. The molecular weight excluding hydrogens is 305 g/mol. The molecule has 0 aliphatic heterocycles. The maximum Gasteiger partial charge on any atom is 0.253 e. The summed E-state index contributed by atoms with van der Waals surface area (Å²) in [5.74, 6) is -0.344. The van der Waals surface area contributed by atoms with Crippen molar-refractivity contribution in [3.05, 3.63) is 33.3 Å². The number of carbonyl (C=O) groups excluding carboxylic acids is 2. The van der Waals surface area contributed by atoms with Crippen LogP contribution in [0.5, 0.6) is 0 Å². The minimum atomic E-state index is -0.493. The summed E-state index contributed by atoms with van der Waals surface area (Å²) in [5, 5.41) is 2.97. The van der Waals surface area contributed by atoms with E-state index in [4.69, 9.17) is 11.6 Å². The highest BCUT2D eigenvalue weighted by Crippen LogP contribution is 2.21. The highest BCUT2D eigenvalue weighted by Gasteiger charge is 2.16. The highest BCUT2D eigenvalue weighted by atomic mass is 79.9. The third-order valence-electron chi connectivity index (χ3n) is 2.35. The van der Waals surface area contributed by atoms with E-state index in [1.165, 1.54) is 0 Å². The normalized spacial score (nSPS) is 12.0. The maximum absolute atomic E-state index is 11.8. The summed E-state index contributed by atoms with van der Waals surface area (Å²) in [4.78, 5) is 23.2. The summed E-state index contributed by atoms with van der Waals surface area (Å²) in [7, 11) is 0. The van der Waals surface area contributed by atoms with Gasteiger partial charge in [0.1, 0.15) is 0 Å². The summed E-state index contributed by atoms with van der Waals surface area (Å²) < 4.78 is 0.803. The molecule has 0 saturated carbocycles. The molecule has 1 N–H and O–H groups in total. The monoisotopic (exact) mass is 317 g/mol. The van der Waals surface area contributed by atoms with Crippen LogP contribution in [0, 0.1) is 0 Å². The van der Waals surface area contributed by atoms with Gasteiger partial charge in [0.15, 0.2) is 5.78 Å². The van der Waals surface area contributed by atoms with Crippen LogP contribution < -0.4 is 5.32 Å².